The van der Waals surface area contributed by atoms with Crippen molar-refractivity contribution in [2.45, 2.75) is 53.4 Å². The number of rotatable bonds is 6. The lowest BCUT2D eigenvalue weighted by Gasteiger charge is -2.23. The predicted molar refractivity (Wildman–Crippen MR) is 192 cm³/mol. The van der Waals surface area contributed by atoms with Crippen LogP contribution in [-0.4, -0.2) is 16.2 Å². The molecule has 0 saturated heterocycles. The molecule has 1 aliphatic heterocycles. The number of hydrogen-bond donors (Lipinski definition) is 0. The van der Waals surface area contributed by atoms with Crippen LogP contribution in [0.25, 0.3) is 27.6 Å². The molecule has 3 heterocycles. The Balaban J connectivity index is 1.15. The Morgan fingerprint density at radius 3 is 2.13 bits per heavy atom. The number of pyridine rings is 1. The van der Waals surface area contributed by atoms with Crippen LogP contribution in [-0.2, 0) is 11.8 Å². The van der Waals surface area contributed by atoms with Gasteiger partial charge in [0.25, 0.3) is 0 Å². The van der Waals surface area contributed by atoms with E-state index in [1.807, 2.05) is 12.3 Å². The molecule has 46 heavy (non-hydrogen) atoms. The van der Waals surface area contributed by atoms with Crippen molar-refractivity contribution in [3.63, 3.8) is 0 Å². The molecule has 1 aliphatic rings. The van der Waals surface area contributed by atoms with Crippen LogP contribution in [0.3, 0.4) is 0 Å². The Morgan fingerprint density at radius 2 is 1.37 bits per heavy atom. The fourth-order valence-corrected chi connectivity index (χ4v) is 6.30. The highest BCUT2D eigenvalue weighted by atomic mass is 16.5. The number of para-hydroxylation sites is 1. The molecule has 6 aromatic rings. The Labute approximate surface area is 272 Å². The zero-order valence-corrected chi connectivity index (χ0v) is 27.7. The first-order chi connectivity index (χ1) is 22.0. The average Bonchev–Trinajstić information content (AvgIpc) is 3.64. The van der Waals surface area contributed by atoms with Gasteiger partial charge in [-0.2, -0.15) is 0 Å². The molecule has 232 valence electrons. The van der Waals surface area contributed by atoms with E-state index in [0.717, 1.165) is 47.1 Å². The minimum absolute atomic E-state index is 0.0218. The zero-order valence-electron chi connectivity index (χ0n) is 27.7. The van der Waals surface area contributed by atoms with Crippen molar-refractivity contribution in [2.24, 2.45) is 5.41 Å². The second kappa shape index (κ2) is 11.4. The molecule has 0 radical (unpaired) electrons. The summed E-state index contributed by atoms with van der Waals surface area (Å²) >= 11 is 0. The van der Waals surface area contributed by atoms with Crippen molar-refractivity contribution in [1.82, 2.24) is 9.55 Å². The summed E-state index contributed by atoms with van der Waals surface area (Å²) in [4.78, 5) is 9.33. The van der Waals surface area contributed by atoms with Crippen molar-refractivity contribution >= 4 is 33.2 Å². The minimum atomic E-state index is 0.0218. The Bertz CT molecular complexity index is 2060. The molecule has 2 aromatic heterocycles. The normalized spacial score (nSPS) is 13.7. The first-order valence-corrected chi connectivity index (χ1v) is 16.1. The summed E-state index contributed by atoms with van der Waals surface area (Å²) in [7, 11) is 0. The van der Waals surface area contributed by atoms with E-state index >= 15 is 0 Å². The highest BCUT2D eigenvalue weighted by Gasteiger charge is 2.20. The number of nitrogens with zero attached hydrogens (tertiary/aromatic N) is 4. The standard InChI is InChI=1S/C41H42N4O/c1-40(2,3)27-29-14-16-31(17-15-29)43-22-23-44(28-43)32-10-9-11-33(25-32)46-34-18-19-36-35-12-7-8-13-37(35)45(38(36)26-34)39-24-30(20-21-42-39)41(4,5)6/h7-26H,27-28H2,1-6H3. The Hall–Kier alpha value is -5.03. The van der Waals surface area contributed by atoms with Gasteiger partial charge in [0, 0.05) is 52.9 Å². The first kappa shape index (κ1) is 29.7. The maximum atomic E-state index is 6.52. The molecule has 0 unspecified atom stereocenters. The van der Waals surface area contributed by atoms with E-state index in [-0.39, 0.29) is 10.8 Å². The third-order valence-electron chi connectivity index (χ3n) is 8.60. The number of aromatic nitrogens is 2. The van der Waals surface area contributed by atoms with E-state index in [0.29, 0.717) is 0 Å². The molecular formula is C41H42N4O. The lowest BCUT2D eigenvalue weighted by Crippen LogP contribution is -2.24. The topological polar surface area (TPSA) is 33.5 Å². The fraction of sp³-hybridized carbons (Fsp3) is 0.244. The van der Waals surface area contributed by atoms with Gasteiger partial charge in [0.05, 0.1) is 17.7 Å². The Morgan fingerprint density at radius 1 is 0.652 bits per heavy atom. The molecule has 5 heteroatoms. The van der Waals surface area contributed by atoms with Gasteiger partial charge in [-0.05, 0) is 83.0 Å². The summed E-state index contributed by atoms with van der Waals surface area (Å²) in [6.45, 7) is 14.3. The largest absolute Gasteiger partial charge is 0.457 e. The SMILES string of the molecule is CC(C)(C)Cc1ccc(N2C=CN(c3cccc(Oc4ccc5c6ccccc6n(-c6cc(C(C)(C)C)ccn6)c5c4)c3)C2)cc1. The Kier molecular flexibility index (Phi) is 7.35. The van der Waals surface area contributed by atoms with Gasteiger partial charge in [-0.3, -0.25) is 4.57 Å². The summed E-state index contributed by atoms with van der Waals surface area (Å²) in [5, 5.41) is 2.37. The van der Waals surface area contributed by atoms with E-state index < -0.39 is 0 Å². The summed E-state index contributed by atoms with van der Waals surface area (Å²) in [5.74, 6) is 2.49. The average molecular weight is 607 g/mol. The molecule has 7 rings (SSSR count). The molecule has 0 fully saturated rings. The molecular weight excluding hydrogens is 564 g/mol. The van der Waals surface area contributed by atoms with Crippen LogP contribution in [0, 0.1) is 5.41 Å². The molecule has 0 spiro atoms. The quantitative estimate of drug-likeness (QED) is 0.189. The van der Waals surface area contributed by atoms with Crippen molar-refractivity contribution in [3.05, 3.63) is 133 Å². The number of benzene rings is 4. The molecule has 0 N–H and O–H groups in total. The lowest BCUT2D eigenvalue weighted by atomic mass is 9.88. The van der Waals surface area contributed by atoms with Gasteiger partial charge in [0.2, 0.25) is 0 Å². The fourth-order valence-electron chi connectivity index (χ4n) is 6.30. The van der Waals surface area contributed by atoms with Crippen LogP contribution >= 0.6 is 0 Å². The van der Waals surface area contributed by atoms with Gasteiger partial charge in [-0.1, -0.05) is 77.9 Å². The van der Waals surface area contributed by atoms with Crippen LogP contribution in [0.5, 0.6) is 11.5 Å². The van der Waals surface area contributed by atoms with E-state index in [1.54, 1.807) is 0 Å². The first-order valence-electron chi connectivity index (χ1n) is 16.1. The monoisotopic (exact) mass is 606 g/mol. The van der Waals surface area contributed by atoms with Crippen molar-refractivity contribution in [1.29, 1.82) is 0 Å². The maximum absolute atomic E-state index is 6.52. The minimum Gasteiger partial charge on any atom is -0.457 e. The maximum Gasteiger partial charge on any atom is 0.137 e. The van der Waals surface area contributed by atoms with Gasteiger partial charge < -0.3 is 14.5 Å². The molecule has 0 aliphatic carbocycles. The number of ether oxygens (including phenoxy) is 1. The van der Waals surface area contributed by atoms with Crippen molar-refractivity contribution in [2.75, 3.05) is 16.5 Å². The molecule has 0 saturated carbocycles. The summed E-state index contributed by atoms with van der Waals surface area (Å²) in [6.07, 6.45) is 7.25. The summed E-state index contributed by atoms with van der Waals surface area (Å²) in [6, 6.07) is 36.4. The lowest BCUT2D eigenvalue weighted by molar-refractivity contribution is 0.411. The molecule has 5 nitrogen and oxygen atoms in total. The van der Waals surface area contributed by atoms with Gasteiger partial charge in [-0.15, -0.1) is 0 Å². The van der Waals surface area contributed by atoms with Crippen molar-refractivity contribution < 1.29 is 4.74 Å². The summed E-state index contributed by atoms with van der Waals surface area (Å²) < 4.78 is 8.77. The van der Waals surface area contributed by atoms with Gasteiger partial charge in [0.15, 0.2) is 0 Å². The smallest absolute Gasteiger partial charge is 0.137 e. The van der Waals surface area contributed by atoms with E-state index in [4.69, 9.17) is 9.72 Å². The zero-order chi connectivity index (χ0) is 32.1. The van der Waals surface area contributed by atoms with Gasteiger partial charge in [0.1, 0.15) is 17.3 Å². The third kappa shape index (κ3) is 5.97. The van der Waals surface area contributed by atoms with Crippen LogP contribution < -0.4 is 14.5 Å². The van der Waals surface area contributed by atoms with Crippen molar-refractivity contribution in [3.8, 4) is 17.3 Å². The molecule has 4 aromatic carbocycles. The van der Waals surface area contributed by atoms with Crippen LogP contribution in [0.4, 0.5) is 11.4 Å². The van der Waals surface area contributed by atoms with E-state index in [1.165, 1.54) is 27.6 Å². The van der Waals surface area contributed by atoms with Crippen LogP contribution in [0.2, 0.25) is 0 Å². The number of fused-ring (bicyclic) bond motifs is 3. The highest BCUT2D eigenvalue weighted by molar-refractivity contribution is 6.09. The van der Waals surface area contributed by atoms with Crippen LogP contribution in [0.15, 0.2) is 122 Å². The molecule has 0 bridgehead atoms. The summed E-state index contributed by atoms with van der Waals surface area (Å²) in [5.41, 5.74) is 7.39. The van der Waals surface area contributed by atoms with Gasteiger partial charge >= 0.3 is 0 Å². The van der Waals surface area contributed by atoms with E-state index in [9.17, 15) is 0 Å². The highest BCUT2D eigenvalue weighted by Crippen LogP contribution is 2.36. The second-order valence-corrected chi connectivity index (χ2v) is 14.6. The number of hydrogen-bond acceptors (Lipinski definition) is 4. The second-order valence-electron chi connectivity index (χ2n) is 14.6. The van der Waals surface area contributed by atoms with E-state index in [2.05, 4.69) is 165 Å². The van der Waals surface area contributed by atoms with Gasteiger partial charge in [-0.25, -0.2) is 4.98 Å². The predicted octanol–water partition coefficient (Wildman–Crippen LogP) is 10.6. The van der Waals surface area contributed by atoms with Crippen LogP contribution in [0.1, 0.15) is 52.7 Å². The third-order valence-corrected chi connectivity index (χ3v) is 8.60. The number of anilines is 2. The molecule has 0 amide bonds. The molecule has 0 atom stereocenters.